The Morgan fingerprint density at radius 2 is 1.77 bits per heavy atom. The fraction of sp³-hybridized carbons (Fsp3) is 0.448. The van der Waals surface area contributed by atoms with Crippen LogP contribution in [0, 0.1) is 6.92 Å². The average Bonchev–Trinajstić information content (AvgIpc) is 3.40. The van der Waals surface area contributed by atoms with Crippen molar-refractivity contribution in [1.29, 1.82) is 0 Å². The second kappa shape index (κ2) is 10.6. The molecule has 0 unspecified atom stereocenters. The molecule has 3 aromatic rings. The van der Waals surface area contributed by atoms with E-state index < -0.39 is 0 Å². The van der Waals surface area contributed by atoms with Crippen LogP contribution in [-0.2, 0) is 0 Å². The lowest BCUT2D eigenvalue weighted by atomic mass is 9.84. The fourth-order valence-corrected chi connectivity index (χ4v) is 5.84. The molecule has 6 heteroatoms. The number of ether oxygens (including phenoxy) is 1. The van der Waals surface area contributed by atoms with Crippen molar-refractivity contribution in [2.75, 3.05) is 20.2 Å². The number of carbonyl (C=O) groups excluding carboxylic acids is 1. The van der Waals surface area contributed by atoms with Gasteiger partial charge in [-0.2, -0.15) is 5.10 Å². The Labute approximate surface area is 208 Å². The van der Waals surface area contributed by atoms with Crippen molar-refractivity contribution in [3.8, 4) is 17.0 Å². The van der Waals surface area contributed by atoms with Gasteiger partial charge in [0.2, 0.25) is 0 Å². The van der Waals surface area contributed by atoms with Gasteiger partial charge in [-0.1, -0.05) is 36.4 Å². The van der Waals surface area contributed by atoms with Crippen LogP contribution in [0.3, 0.4) is 0 Å². The Morgan fingerprint density at radius 1 is 1.00 bits per heavy atom. The van der Waals surface area contributed by atoms with E-state index in [1.54, 1.807) is 7.11 Å². The van der Waals surface area contributed by atoms with Gasteiger partial charge in [-0.05, 0) is 93.8 Å². The molecule has 2 aliphatic rings. The van der Waals surface area contributed by atoms with E-state index in [0.29, 0.717) is 17.7 Å². The minimum atomic E-state index is -0.0749. The molecule has 2 N–H and O–H groups in total. The number of hydrogen-bond donors (Lipinski definition) is 2. The number of nitrogens with zero attached hydrogens (tertiary/aromatic N) is 2. The van der Waals surface area contributed by atoms with Crippen LogP contribution < -0.4 is 10.1 Å². The largest absolute Gasteiger partial charge is 0.497 e. The van der Waals surface area contributed by atoms with E-state index in [1.807, 2.05) is 30.3 Å². The predicted molar refractivity (Wildman–Crippen MR) is 139 cm³/mol. The lowest BCUT2D eigenvalue weighted by molar-refractivity contribution is 0.0874. The molecule has 1 saturated heterocycles. The molecule has 1 amide bonds. The SMILES string of the molecule is COc1cccc(-c2cc(C(=O)NC3CCC(N4CCC(c5ccccc5C)CC4)CC3)[nH]n2)c1. The Balaban J connectivity index is 1.10. The summed E-state index contributed by atoms with van der Waals surface area (Å²) in [6.45, 7) is 4.60. The number of H-pyrrole nitrogens is 1. The smallest absolute Gasteiger partial charge is 0.269 e. The Morgan fingerprint density at radius 3 is 2.51 bits per heavy atom. The number of likely N-dealkylation sites (tertiary alicyclic amines) is 1. The van der Waals surface area contributed by atoms with Crippen LogP contribution in [0.1, 0.15) is 66.1 Å². The number of benzene rings is 2. The molecule has 2 aromatic carbocycles. The van der Waals surface area contributed by atoms with E-state index in [1.165, 1.54) is 37.1 Å². The van der Waals surface area contributed by atoms with Crippen LogP contribution in [-0.4, -0.2) is 53.3 Å². The first-order chi connectivity index (χ1) is 17.1. The van der Waals surface area contributed by atoms with E-state index in [4.69, 9.17) is 4.74 Å². The summed E-state index contributed by atoms with van der Waals surface area (Å²) in [5, 5.41) is 10.5. The van der Waals surface area contributed by atoms with Gasteiger partial charge >= 0.3 is 0 Å². The van der Waals surface area contributed by atoms with Crippen molar-refractivity contribution >= 4 is 5.91 Å². The van der Waals surface area contributed by atoms with E-state index >= 15 is 0 Å². The minimum absolute atomic E-state index is 0.0749. The third-order valence-electron chi connectivity index (χ3n) is 7.89. The number of methoxy groups -OCH3 is 1. The summed E-state index contributed by atoms with van der Waals surface area (Å²) in [7, 11) is 1.64. The monoisotopic (exact) mass is 472 g/mol. The highest BCUT2D eigenvalue weighted by molar-refractivity contribution is 5.93. The van der Waals surface area contributed by atoms with Crippen LogP contribution in [0.4, 0.5) is 0 Å². The summed E-state index contributed by atoms with van der Waals surface area (Å²) in [5.74, 6) is 1.39. The van der Waals surface area contributed by atoms with Gasteiger partial charge in [-0.3, -0.25) is 9.89 Å². The van der Waals surface area contributed by atoms with Crippen molar-refractivity contribution < 1.29 is 9.53 Å². The zero-order valence-corrected chi connectivity index (χ0v) is 20.8. The van der Waals surface area contributed by atoms with Crippen LogP contribution in [0.2, 0.25) is 0 Å². The normalized spacial score (nSPS) is 21.5. The topological polar surface area (TPSA) is 70.2 Å². The molecule has 1 aromatic heterocycles. The second-order valence-electron chi connectivity index (χ2n) is 10.0. The molecule has 0 bridgehead atoms. The summed E-state index contributed by atoms with van der Waals surface area (Å²) < 4.78 is 5.29. The zero-order valence-electron chi connectivity index (χ0n) is 20.8. The molecule has 1 saturated carbocycles. The number of nitrogens with one attached hydrogen (secondary N) is 2. The molecule has 6 nitrogen and oxygen atoms in total. The first-order valence-electron chi connectivity index (χ1n) is 12.9. The molecule has 184 valence electrons. The third kappa shape index (κ3) is 5.43. The first-order valence-corrected chi connectivity index (χ1v) is 12.9. The van der Waals surface area contributed by atoms with E-state index in [-0.39, 0.29) is 11.9 Å². The van der Waals surface area contributed by atoms with Crippen molar-refractivity contribution in [2.24, 2.45) is 0 Å². The number of piperidine rings is 1. The zero-order chi connectivity index (χ0) is 24.2. The summed E-state index contributed by atoms with van der Waals surface area (Å²) in [5.41, 5.74) is 5.13. The highest BCUT2D eigenvalue weighted by atomic mass is 16.5. The molecule has 0 atom stereocenters. The highest BCUT2D eigenvalue weighted by Crippen LogP contribution is 2.33. The molecule has 2 fully saturated rings. The van der Waals surface area contributed by atoms with Crippen LogP contribution in [0.15, 0.2) is 54.6 Å². The van der Waals surface area contributed by atoms with Crippen LogP contribution >= 0.6 is 0 Å². The number of carbonyl (C=O) groups is 1. The third-order valence-corrected chi connectivity index (χ3v) is 7.89. The van der Waals surface area contributed by atoms with Crippen LogP contribution in [0.5, 0.6) is 5.75 Å². The van der Waals surface area contributed by atoms with E-state index in [2.05, 4.69) is 51.6 Å². The molecule has 0 spiro atoms. The number of amides is 1. The number of aromatic amines is 1. The van der Waals surface area contributed by atoms with Gasteiger partial charge in [-0.25, -0.2) is 0 Å². The van der Waals surface area contributed by atoms with E-state index in [9.17, 15) is 4.79 Å². The maximum atomic E-state index is 12.8. The van der Waals surface area contributed by atoms with Gasteiger partial charge < -0.3 is 15.0 Å². The highest BCUT2D eigenvalue weighted by Gasteiger charge is 2.30. The van der Waals surface area contributed by atoms with Crippen LogP contribution in [0.25, 0.3) is 11.3 Å². The summed E-state index contributed by atoms with van der Waals surface area (Å²) >= 11 is 0. The number of aryl methyl sites for hydroxylation is 1. The number of rotatable bonds is 6. The van der Waals surface area contributed by atoms with Gasteiger partial charge in [0.1, 0.15) is 11.4 Å². The minimum Gasteiger partial charge on any atom is -0.497 e. The van der Waals surface area contributed by atoms with Crippen molar-refractivity contribution in [3.05, 3.63) is 71.4 Å². The second-order valence-corrected chi connectivity index (χ2v) is 10.0. The first kappa shape index (κ1) is 23.6. The molecule has 2 heterocycles. The molecule has 1 aliphatic carbocycles. The Kier molecular flexibility index (Phi) is 7.19. The summed E-state index contributed by atoms with van der Waals surface area (Å²) in [4.78, 5) is 15.5. The number of aromatic nitrogens is 2. The lowest BCUT2D eigenvalue weighted by Crippen LogP contribution is -2.46. The van der Waals surface area contributed by atoms with E-state index in [0.717, 1.165) is 42.7 Å². The predicted octanol–water partition coefficient (Wildman–Crippen LogP) is 5.31. The van der Waals surface area contributed by atoms with Crippen molar-refractivity contribution in [1.82, 2.24) is 20.4 Å². The molecule has 1 aliphatic heterocycles. The Hall–Kier alpha value is -3.12. The van der Waals surface area contributed by atoms with Gasteiger partial charge in [0, 0.05) is 17.6 Å². The maximum absolute atomic E-state index is 12.8. The standard InChI is InChI=1S/C29H36N4O2/c1-20-6-3-4-9-26(20)21-14-16-33(17-15-21)24-12-10-23(11-13-24)30-29(34)28-19-27(31-32-28)22-7-5-8-25(18-22)35-2/h3-9,18-19,21,23-24H,10-17H2,1-2H3,(H,30,34)(H,31,32). The summed E-state index contributed by atoms with van der Waals surface area (Å²) in [6.07, 6.45) is 6.86. The molecule has 0 radical (unpaired) electrons. The Bertz CT molecular complexity index is 1140. The van der Waals surface area contributed by atoms with Gasteiger partial charge in [0.25, 0.3) is 5.91 Å². The van der Waals surface area contributed by atoms with Crippen molar-refractivity contribution in [3.63, 3.8) is 0 Å². The van der Waals surface area contributed by atoms with Gasteiger partial charge in [0.05, 0.1) is 12.8 Å². The number of hydrogen-bond acceptors (Lipinski definition) is 4. The molecular formula is C29H36N4O2. The molecule has 5 rings (SSSR count). The maximum Gasteiger partial charge on any atom is 0.269 e. The fourth-order valence-electron chi connectivity index (χ4n) is 5.84. The summed E-state index contributed by atoms with van der Waals surface area (Å²) in [6, 6.07) is 19.2. The van der Waals surface area contributed by atoms with Crippen molar-refractivity contribution in [2.45, 2.75) is 63.5 Å². The quantitative estimate of drug-likeness (QED) is 0.510. The lowest BCUT2D eigenvalue weighted by Gasteiger charge is -2.41. The molecule has 35 heavy (non-hydrogen) atoms. The average molecular weight is 473 g/mol. The van der Waals surface area contributed by atoms with Gasteiger partial charge in [0.15, 0.2) is 0 Å². The molecular weight excluding hydrogens is 436 g/mol. The van der Waals surface area contributed by atoms with Gasteiger partial charge in [-0.15, -0.1) is 0 Å².